The van der Waals surface area contributed by atoms with Gasteiger partial charge < -0.3 is 25.3 Å². The molecular formula is C20H28N4O4. The molecule has 1 aromatic rings. The first-order chi connectivity index (χ1) is 13.5. The summed E-state index contributed by atoms with van der Waals surface area (Å²) in [6, 6.07) is 7.75. The van der Waals surface area contributed by atoms with Crippen LogP contribution in [0.5, 0.6) is 0 Å². The van der Waals surface area contributed by atoms with Crippen LogP contribution in [0.15, 0.2) is 24.3 Å². The molecule has 3 amide bonds. The van der Waals surface area contributed by atoms with Crippen LogP contribution in [-0.2, 0) is 0 Å². The summed E-state index contributed by atoms with van der Waals surface area (Å²) in [6.07, 6.45) is 3.96. The van der Waals surface area contributed by atoms with E-state index in [1.165, 1.54) is 0 Å². The molecule has 3 aliphatic heterocycles. The number of carboxylic acid groups (broad SMARTS) is 1. The van der Waals surface area contributed by atoms with Crippen LogP contribution in [0, 0.1) is 0 Å². The molecule has 1 aromatic carbocycles. The van der Waals surface area contributed by atoms with Crippen LogP contribution in [0.2, 0.25) is 0 Å². The molecule has 28 heavy (non-hydrogen) atoms. The molecule has 3 aliphatic rings. The van der Waals surface area contributed by atoms with Gasteiger partial charge in [0.15, 0.2) is 0 Å². The normalized spacial score (nSPS) is 29.5. The van der Waals surface area contributed by atoms with Gasteiger partial charge in [-0.25, -0.2) is 9.59 Å². The average molecular weight is 388 g/mol. The maximum atomic E-state index is 12.9. The Bertz CT molecular complexity index is 711. The number of amides is 3. The molecule has 0 radical (unpaired) electrons. The third kappa shape index (κ3) is 4.01. The Morgan fingerprint density at radius 2 is 1.71 bits per heavy atom. The predicted octanol–water partition coefficient (Wildman–Crippen LogP) is 2.44. The maximum absolute atomic E-state index is 12.9. The highest BCUT2D eigenvalue weighted by atomic mass is 16.4. The van der Waals surface area contributed by atoms with Crippen molar-refractivity contribution in [3.05, 3.63) is 24.3 Å². The smallest absolute Gasteiger partial charge is 0.409 e. The number of nitrogens with zero attached hydrogens (tertiary/aromatic N) is 2. The summed E-state index contributed by atoms with van der Waals surface area (Å²) in [5.74, 6) is 0. The zero-order valence-electron chi connectivity index (χ0n) is 15.9. The van der Waals surface area contributed by atoms with Crippen LogP contribution in [-0.4, -0.2) is 64.6 Å². The Balaban J connectivity index is 1.35. The Kier molecular flexibility index (Phi) is 5.30. The fourth-order valence-corrected chi connectivity index (χ4v) is 4.94. The van der Waals surface area contributed by atoms with Crippen LogP contribution in [0.1, 0.15) is 38.5 Å². The number of piperidine rings is 2. The monoisotopic (exact) mass is 388 g/mol. The fourth-order valence-electron chi connectivity index (χ4n) is 4.94. The van der Waals surface area contributed by atoms with Crippen LogP contribution in [0.4, 0.5) is 21.0 Å². The average Bonchev–Trinajstić information content (AvgIpc) is 2.94. The van der Waals surface area contributed by atoms with Crippen molar-refractivity contribution in [2.45, 2.75) is 62.8 Å². The molecule has 0 aromatic heterocycles. The highest BCUT2D eigenvalue weighted by Crippen LogP contribution is 2.35. The third-order valence-electron chi connectivity index (χ3n) is 6.18. The number of fused-ring (bicyclic) bond motifs is 2. The summed E-state index contributed by atoms with van der Waals surface area (Å²) < 4.78 is 0. The van der Waals surface area contributed by atoms with Gasteiger partial charge >= 0.3 is 12.1 Å². The standard InChI is InChI=1S/C20H28N4O4/c25-18-10-16-7-8-17(11-18)24(16)19(26)21-14-2-1-9-23(12-14)15-5-3-13(4-6-15)22-20(27)28/h3-6,14,16-18,22,25H,1-2,7-12H2,(H,21,26)(H,27,28)/t14-,16-,17+,18?/m0/s1. The number of benzene rings is 1. The fraction of sp³-hybridized carbons (Fsp3) is 0.600. The Morgan fingerprint density at radius 3 is 2.36 bits per heavy atom. The largest absolute Gasteiger partial charge is 0.465 e. The van der Waals surface area contributed by atoms with E-state index in [-0.39, 0.29) is 30.3 Å². The lowest BCUT2D eigenvalue weighted by molar-refractivity contribution is 0.0533. The molecule has 0 spiro atoms. The van der Waals surface area contributed by atoms with Crippen LogP contribution < -0.4 is 15.5 Å². The number of urea groups is 1. The summed E-state index contributed by atoms with van der Waals surface area (Å²) >= 11 is 0. The van der Waals surface area contributed by atoms with E-state index in [9.17, 15) is 14.7 Å². The minimum absolute atomic E-state index is 0.00672. The van der Waals surface area contributed by atoms with Gasteiger partial charge in [-0.3, -0.25) is 5.32 Å². The maximum Gasteiger partial charge on any atom is 0.409 e. The van der Waals surface area contributed by atoms with Crippen molar-refractivity contribution in [3.8, 4) is 0 Å². The zero-order valence-corrected chi connectivity index (χ0v) is 15.9. The molecular weight excluding hydrogens is 360 g/mol. The minimum Gasteiger partial charge on any atom is -0.465 e. The molecule has 8 heteroatoms. The van der Waals surface area contributed by atoms with Gasteiger partial charge in [0.2, 0.25) is 0 Å². The molecule has 8 nitrogen and oxygen atoms in total. The summed E-state index contributed by atoms with van der Waals surface area (Å²) in [7, 11) is 0. The molecule has 1 unspecified atom stereocenters. The first kappa shape index (κ1) is 18.9. The predicted molar refractivity (Wildman–Crippen MR) is 106 cm³/mol. The number of nitrogens with one attached hydrogen (secondary N) is 2. The minimum atomic E-state index is -1.08. The first-order valence-electron chi connectivity index (χ1n) is 10.1. The number of aliphatic hydroxyl groups is 1. The Labute approximate surface area is 164 Å². The summed E-state index contributed by atoms with van der Waals surface area (Å²) in [6.45, 7) is 1.66. The van der Waals surface area contributed by atoms with Crippen LogP contribution in [0.3, 0.4) is 0 Å². The van der Waals surface area contributed by atoms with Crippen molar-refractivity contribution < 1.29 is 19.8 Å². The van der Waals surface area contributed by atoms with E-state index in [0.717, 1.165) is 44.5 Å². The van der Waals surface area contributed by atoms with Crippen LogP contribution >= 0.6 is 0 Å². The van der Waals surface area contributed by atoms with Crippen molar-refractivity contribution in [2.75, 3.05) is 23.3 Å². The quantitative estimate of drug-likeness (QED) is 0.637. The zero-order chi connectivity index (χ0) is 19.7. The summed E-state index contributed by atoms with van der Waals surface area (Å²) in [5.41, 5.74) is 1.57. The molecule has 3 heterocycles. The molecule has 3 saturated heterocycles. The van der Waals surface area contributed by atoms with E-state index >= 15 is 0 Å². The molecule has 4 N–H and O–H groups in total. The molecule has 4 atom stereocenters. The second kappa shape index (κ2) is 7.87. The number of anilines is 2. The first-order valence-corrected chi connectivity index (χ1v) is 10.1. The van der Waals surface area contributed by atoms with Crippen LogP contribution in [0.25, 0.3) is 0 Å². The van der Waals surface area contributed by atoms with Gasteiger partial charge in [-0.15, -0.1) is 0 Å². The number of hydrogen-bond donors (Lipinski definition) is 4. The lowest BCUT2D eigenvalue weighted by atomic mass is 10.00. The topological polar surface area (TPSA) is 105 Å². The molecule has 4 rings (SSSR count). The van der Waals surface area contributed by atoms with E-state index < -0.39 is 6.09 Å². The summed E-state index contributed by atoms with van der Waals surface area (Å²) in [4.78, 5) is 27.8. The second-order valence-electron chi connectivity index (χ2n) is 8.13. The summed E-state index contributed by atoms with van der Waals surface area (Å²) in [5, 5.41) is 24.3. The number of carbonyl (C=O) groups excluding carboxylic acids is 1. The lowest BCUT2D eigenvalue weighted by Crippen LogP contribution is -2.56. The number of aliphatic hydroxyl groups excluding tert-OH is 1. The molecule has 3 fully saturated rings. The van der Waals surface area contributed by atoms with E-state index in [0.29, 0.717) is 18.5 Å². The van der Waals surface area contributed by atoms with Gasteiger partial charge in [-0.05, 0) is 62.8 Å². The third-order valence-corrected chi connectivity index (χ3v) is 6.18. The second-order valence-corrected chi connectivity index (χ2v) is 8.13. The number of hydrogen-bond acceptors (Lipinski definition) is 4. The van der Waals surface area contributed by atoms with Gasteiger partial charge in [0.25, 0.3) is 0 Å². The highest BCUT2D eigenvalue weighted by molar-refractivity contribution is 5.83. The SMILES string of the molecule is O=C(O)Nc1ccc(N2CCC[C@H](NC(=O)N3[C@@H]4CC[C@H]3CC(O)C4)C2)cc1. The van der Waals surface area contributed by atoms with Crippen molar-refractivity contribution in [2.24, 2.45) is 0 Å². The van der Waals surface area contributed by atoms with E-state index in [2.05, 4.69) is 15.5 Å². The van der Waals surface area contributed by atoms with Gasteiger partial charge in [-0.1, -0.05) is 0 Å². The molecule has 0 aliphatic carbocycles. The van der Waals surface area contributed by atoms with Gasteiger partial charge in [0, 0.05) is 42.6 Å². The van der Waals surface area contributed by atoms with Gasteiger partial charge in [0.1, 0.15) is 0 Å². The van der Waals surface area contributed by atoms with Crippen molar-refractivity contribution in [1.82, 2.24) is 10.2 Å². The number of carbonyl (C=O) groups is 2. The van der Waals surface area contributed by atoms with E-state index in [1.807, 2.05) is 17.0 Å². The Hall–Kier alpha value is -2.48. The van der Waals surface area contributed by atoms with E-state index in [1.54, 1.807) is 12.1 Å². The lowest BCUT2D eigenvalue weighted by Gasteiger charge is -2.40. The molecule has 2 bridgehead atoms. The molecule has 0 saturated carbocycles. The molecule has 152 valence electrons. The Morgan fingerprint density at radius 1 is 1.04 bits per heavy atom. The van der Waals surface area contributed by atoms with Gasteiger partial charge in [0.05, 0.1) is 6.10 Å². The van der Waals surface area contributed by atoms with Crippen molar-refractivity contribution >= 4 is 23.5 Å². The van der Waals surface area contributed by atoms with Gasteiger partial charge in [-0.2, -0.15) is 0 Å². The highest BCUT2D eigenvalue weighted by Gasteiger charge is 2.43. The van der Waals surface area contributed by atoms with Crippen molar-refractivity contribution in [1.29, 1.82) is 0 Å². The van der Waals surface area contributed by atoms with Crippen molar-refractivity contribution in [3.63, 3.8) is 0 Å². The van der Waals surface area contributed by atoms with E-state index in [4.69, 9.17) is 5.11 Å². The number of rotatable bonds is 3.